The van der Waals surface area contributed by atoms with E-state index in [0.717, 1.165) is 47.2 Å². The summed E-state index contributed by atoms with van der Waals surface area (Å²) in [5.41, 5.74) is 9.80. The van der Waals surface area contributed by atoms with Crippen LogP contribution in [-0.4, -0.2) is 33.3 Å². The largest absolute Gasteiger partial charge is 0.349 e. The van der Waals surface area contributed by atoms with E-state index in [0.29, 0.717) is 18.0 Å². The third-order valence-corrected chi connectivity index (χ3v) is 5.56. The highest BCUT2D eigenvalue weighted by Crippen LogP contribution is 2.29. The van der Waals surface area contributed by atoms with Crippen LogP contribution in [0.3, 0.4) is 0 Å². The van der Waals surface area contributed by atoms with Gasteiger partial charge in [0.2, 0.25) is 0 Å². The molecule has 29 heavy (non-hydrogen) atoms. The fraction of sp³-hybridized carbons (Fsp3) is 0.381. The van der Waals surface area contributed by atoms with Crippen LogP contribution < -0.4 is 11.1 Å². The molecular weight excluding hydrogens is 409 g/mol. The van der Waals surface area contributed by atoms with Crippen LogP contribution in [0.2, 0.25) is 0 Å². The molecule has 1 amide bonds. The molecule has 2 aromatic heterocycles. The van der Waals surface area contributed by atoms with Crippen LogP contribution in [0.15, 0.2) is 36.4 Å². The number of benzene rings is 1. The molecule has 6 nitrogen and oxygen atoms in total. The standard InChI is InChI=1S/C21H25N5O.2ClH/c1-13-19-16(21(27)24-17-10-6-9-15(17)12-22)11-18(14-7-4-3-5-8-14)23-20(19)26(2)25-13;;/h3-5,7-8,11,15,17H,6,9-10,12,22H2,1-2H3,(H,24,27);2*1H. The van der Waals surface area contributed by atoms with Crippen molar-refractivity contribution in [1.29, 1.82) is 0 Å². The van der Waals surface area contributed by atoms with E-state index in [1.54, 1.807) is 4.68 Å². The fourth-order valence-corrected chi connectivity index (χ4v) is 4.14. The van der Waals surface area contributed by atoms with E-state index in [4.69, 9.17) is 10.7 Å². The van der Waals surface area contributed by atoms with Crippen molar-refractivity contribution in [2.24, 2.45) is 18.7 Å². The number of fused-ring (bicyclic) bond motifs is 1. The van der Waals surface area contributed by atoms with E-state index in [1.807, 2.05) is 50.4 Å². The van der Waals surface area contributed by atoms with Gasteiger partial charge in [0, 0.05) is 18.7 Å². The average molecular weight is 436 g/mol. The topological polar surface area (TPSA) is 85.8 Å². The molecule has 0 spiro atoms. The van der Waals surface area contributed by atoms with Crippen LogP contribution >= 0.6 is 24.8 Å². The number of aryl methyl sites for hydroxylation is 2. The number of pyridine rings is 1. The van der Waals surface area contributed by atoms with Gasteiger partial charge in [0.05, 0.1) is 22.3 Å². The fourth-order valence-electron chi connectivity index (χ4n) is 4.14. The summed E-state index contributed by atoms with van der Waals surface area (Å²) in [6.07, 6.45) is 3.17. The normalized spacial score (nSPS) is 18.2. The summed E-state index contributed by atoms with van der Waals surface area (Å²) in [5.74, 6) is 0.288. The second-order valence-corrected chi connectivity index (χ2v) is 7.34. The van der Waals surface area contributed by atoms with E-state index in [1.165, 1.54) is 0 Å². The Hall–Kier alpha value is -2.15. The monoisotopic (exact) mass is 435 g/mol. The summed E-state index contributed by atoms with van der Waals surface area (Å²) in [6.45, 7) is 2.53. The number of nitrogens with one attached hydrogen (secondary N) is 1. The van der Waals surface area contributed by atoms with Gasteiger partial charge in [0.15, 0.2) is 5.65 Å². The van der Waals surface area contributed by atoms with Gasteiger partial charge in [-0.15, -0.1) is 24.8 Å². The van der Waals surface area contributed by atoms with Crippen molar-refractivity contribution in [2.45, 2.75) is 32.2 Å². The smallest absolute Gasteiger partial charge is 0.252 e. The van der Waals surface area contributed by atoms with Crippen LogP contribution in [0.1, 0.15) is 35.3 Å². The lowest BCUT2D eigenvalue weighted by molar-refractivity contribution is 0.0930. The number of nitrogens with two attached hydrogens (primary N) is 1. The minimum absolute atomic E-state index is 0. The van der Waals surface area contributed by atoms with Crippen LogP contribution in [-0.2, 0) is 7.05 Å². The first-order valence-corrected chi connectivity index (χ1v) is 9.49. The van der Waals surface area contributed by atoms with Gasteiger partial charge in [-0.25, -0.2) is 4.98 Å². The lowest BCUT2D eigenvalue weighted by Gasteiger charge is -2.20. The number of halogens is 2. The SMILES string of the molecule is Cc1nn(C)c2nc(-c3ccccc3)cc(C(=O)NC3CCCC3CN)c12.Cl.Cl. The zero-order valence-electron chi connectivity index (χ0n) is 16.6. The minimum atomic E-state index is -0.0685. The highest BCUT2D eigenvalue weighted by molar-refractivity contribution is 6.07. The van der Waals surface area contributed by atoms with Crippen LogP contribution in [0.25, 0.3) is 22.3 Å². The number of aromatic nitrogens is 3. The molecule has 4 rings (SSSR count). The van der Waals surface area contributed by atoms with Gasteiger partial charge in [0.25, 0.3) is 5.91 Å². The molecule has 3 N–H and O–H groups in total. The third-order valence-electron chi connectivity index (χ3n) is 5.56. The lowest BCUT2D eigenvalue weighted by Crippen LogP contribution is -2.40. The predicted octanol–water partition coefficient (Wildman–Crippen LogP) is 3.64. The molecular formula is C21H27Cl2N5O. The first-order chi connectivity index (χ1) is 13.1. The van der Waals surface area contributed by atoms with Crippen LogP contribution in [0, 0.1) is 12.8 Å². The average Bonchev–Trinajstić information content (AvgIpc) is 3.25. The quantitative estimate of drug-likeness (QED) is 0.654. The Morgan fingerprint density at radius 3 is 2.66 bits per heavy atom. The third kappa shape index (κ3) is 4.39. The van der Waals surface area contributed by atoms with Crippen molar-refractivity contribution in [3.8, 4) is 11.3 Å². The van der Waals surface area contributed by atoms with E-state index in [2.05, 4.69) is 10.4 Å². The molecule has 1 aliphatic carbocycles. The van der Waals surface area contributed by atoms with E-state index in [-0.39, 0.29) is 36.8 Å². The maximum absolute atomic E-state index is 13.2. The minimum Gasteiger partial charge on any atom is -0.349 e. The Morgan fingerprint density at radius 1 is 1.24 bits per heavy atom. The van der Waals surface area contributed by atoms with Gasteiger partial charge >= 0.3 is 0 Å². The summed E-state index contributed by atoms with van der Waals surface area (Å²) in [7, 11) is 1.86. The van der Waals surface area contributed by atoms with Crippen molar-refractivity contribution < 1.29 is 4.79 Å². The molecule has 3 aromatic rings. The van der Waals surface area contributed by atoms with Gasteiger partial charge in [-0.05, 0) is 38.3 Å². The number of carbonyl (C=O) groups excluding carboxylic acids is 1. The van der Waals surface area contributed by atoms with E-state index in [9.17, 15) is 4.79 Å². The number of hydrogen-bond acceptors (Lipinski definition) is 4. The van der Waals surface area contributed by atoms with Crippen molar-refractivity contribution in [1.82, 2.24) is 20.1 Å². The van der Waals surface area contributed by atoms with Gasteiger partial charge in [0.1, 0.15) is 0 Å². The highest BCUT2D eigenvalue weighted by Gasteiger charge is 2.29. The number of nitrogens with zero attached hydrogens (tertiary/aromatic N) is 3. The van der Waals surface area contributed by atoms with Gasteiger partial charge in [-0.3, -0.25) is 9.48 Å². The zero-order valence-corrected chi connectivity index (χ0v) is 18.2. The molecule has 2 heterocycles. The molecule has 1 fully saturated rings. The van der Waals surface area contributed by atoms with Gasteiger partial charge in [-0.2, -0.15) is 5.10 Å². The zero-order chi connectivity index (χ0) is 19.0. The van der Waals surface area contributed by atoms with Crippen LogP contribution in [0.4, 0.5) is 0 Å². The van der Waals surface area contributed by atoms with Crippen molar-refractivity contribution in [2.75, 3.05) is 6.54 Å². The molecule has 1 saturated carbocycles. The molecule has 1 aliphatic rings. The Kier molecular flexibility index (Phi) is 7.63. The van der Waals surface area contributed by atoms with E-state index < -0.39 is 0 Å². The molecule has 1 aromatic carbocycles. The Labute approximate surface area is 183 Å². The molecule has 2 atom stereocenters. The second kappa shape index (κ2) is 9.57. The summed E-state index contributed by atoms with van der Waals surface area (Å²) in [4.78, 5) is 18.0. The summed E-state index contributed by atoms with van der Waals surface area (Å²) < 4.78 is 1.74. The number of carbonyl (C=O) groups is 1. The van der Waals surface area contributed by atoms with Crippen molar-refractivity contribution in [3.05, 3.63) is 47.7 Å². The molecule has 156 valence electrons. The van der Waals surface area contributed by atoms with Crippen LogP contribution in [0.5, 0.6) is 0 Å². The first kappa shape index (κ1) is 23.1. The van der Waals surface area contributed by atoms with Gasteiger partial charge < -0.3 is 11.1 Å². The maximum atomic E-state index is 13.2. The number of rotatable bonds is 4. The number of amides is 1. The Morgan fingerprint density at radius 2 is 1.97 bits per heavy atom. The molecule has 0 aliphatic heterocycles. The highest BCUT2D eigenvalue weighted by atomic mass is 35.5. The molecule has 8 heteroatoms. The second-order valence-electron chi connectivity index (χ2n) is 7.34. The van der Waals surface area contributed by atoms with Crippen molar-refractivity contribution in [3.63, 3.8) is 0 Å². The lowest BCUT2D eigenvalue weighted by atomic mass is 10.0. The van der Waals surface area contributed by atoms with Gasteiger partial charge in [-0.1, -0.05) is 36.8 Å². The maximum Gasteiger partial charge on any atom is 0.252 e. The summed E-state index contributed by atoms with van der Waals surface area (Å²) in [6, 6.07) is 11.9. The molecule has 0 saturated heterocycles. The predicted molar refractivity (Wildman–Crippen MR) is 121 cm³/mol. The Balaban J connectivity index is 0.00000150. The summed E-state index contributed by atoms with van der Waals surface area (Å²) in [5, 5.41) is 8.52. The molecule has 0 radical (unpaired) electrons. The van der Waals surface area contributed by atoms with Crippen molar-refractivity contribution >= 4 is 41.8 Å². The number of hydrogen-bond donors (Lipinski definition) is 2. The molecule has 0 bridgehead atoms. The molecule has 2 unspecified atom stereocenters. The first-order valence-electron chi connectivity index (χ1n) is 9.49. The summed E-state index contributed by atoms with van der Waals surface area (Å²) >= 11 is 0. The van der Waals surface area contributed by atoms with E-state index >= 15 is 0 Å². The Bertz CT molecular complexity index is 990.